The molecule has 2 heterocycles. The number of para-hydroxylation sites is 1. The molecule has 0 spiro atoms. The van der Waals surface area contributed by atoms with Gasteiger partial charge in [0.15, 0.2) is 0 Å². The number of nitrogens with one attached hydrogen (secondary N) is 2. The first kappa shape index (κ1) is 18.8. The third kappa shape index (κ3) is 4.58. The van der Waals surface area contributed by atoms with Gasteiger partial charge in [0.05, 0.1) is 17.5 Å². The van der Waals surface area contributed by atoms with E-state index < -0.39 is 15.9 Å². The monoisotopic (exact) mass is 469 g/mol. The highest BCUT2D eigenvalue weighted by Crippen LogP contribution is 2.23. The normalized spacial score (nSPS) is 11.6. The number of hydrazone groups is 1. The Labute approximate surface area is 166 Å². The van der Waals surface area contributed by atoms with Crippen molar-refractivity contribution in [3.63, 3.8) is 0 Å². The predicted octanol–water partition coefficient (Wildman–Crippen LogP) is 4.14. The first-order chi connectivity index (χ1) is 12.5. The first-order valence-corrected chi connectivity index (χ1v) is 11.2. The second kappa shape index (κ2) is 8.12. The Bertz CT molecular complexity index is 1040. The van der Waals surface area contributed by atoms with E-state index in [1.54, 1.807) is 23.6 Å². The van der Waals surface area contributed by atoms with Gasteiger partial charge in [0.25, 0.3) is 15.9 Å². The van der Waals surface area contributed by atoms with Gasteiger partial charge < -0.3 is 0 Å². The number of nitrogens with zero attached hydrogens (tertiary/aromatic N) is 1. The van der Waals surface area contributed by atoms with E-state index in [2.05, 4.69) is 31.2 Å². The number of carbonyl (C=O) groups excluding carboxylic acids is 1. The fourth-order valence-electron chi connectivity index (χ4n) is 1.99. The molecule has 0 saturated carbocycles. The number of hydrogen-bond donors (Lipinski definition) is 2. The van der Waals surface area contributed by atoms with Gasteiger partial charge in [-0.15, -0.1) is 22.7 Å². The van der Waals surface area contributed by atoms with Crippen molar-refractivity contribution in [2.24, 2.45) is 5.10 Å². The molecule has 2 N–H and O–H groups in total. The SMILES string of the molecule is O=C(N/N=C/c1cc(Br)cs1)c1ccccc1NS(=O)(=O)c1cccs1. The Morgan fingerprint density at radius 2 is 1.96 bits per heavy atom. The number of rotatable bonds is 6. The number of amides is 1. The van der Waals surface area contributed by atoms with E-state index in [1.165, 1.54) is 35.8 Å². The summed E-state index contributed by atoms with van der Waals surface area (Å²) in [6, 6.07) is 11.4. The summed E-state index contributed by atoms with van der Waals surface area (Å²) in [7, 11) is -3.74. The van der Waals surface area contributed by atoms with Crippen molar-refractivity contribution in [1.29, 1.82) is 0 Å². The summed E-state index contributed by atoms with van der Waals surface area (Å²) in [5.41, 5.74) is 2.77. The summed E-state index contributed by atoms with van der Waals surface area (Å²) in [5, 5.41) is 7.48. The van der Waals surface area contributed by atoms with Crippen LogP contribution in [0.1, 0.15) is 15.2 Å². The molecule has 0 atom stereocenters. The molecule has 0 aliphatic heterocycles. The molecular weight excluding hydrogens is 458 g/mol. The average Bonchev–Trinajstić information content (AvgIpc) is 3.27. The Kier molecular flexibility index (Phi) is 5.87. The van der Waals surface area contributed by atoms with E-state index >= 15 is 0 Å². The molecule has 0 unspecified atom stereocenters. The number of sulfonamides is 1. The van der Waals surface area contributed by atoms with E-state index in [4.69, 9.17) is 0 Å². The number of carbonyl (C=O) groups is 1. The zero-order chi connectivity index (χ0) is 18.6. The molecule has 1 aromatic carbocycles. The number of hydrogen-bond acceptors (Lipinski definition) is 6. The topological polar surface area (TPSA) is 87.6 Å². The molecule has 0 aliphatic carbocycles. The predicted molar refractivity (Wildman–Crippen MR) is 109 cm³/mol. The van der Waals surface area contributed by atoms with Gasteiger partial charge in [-0.25, -0.2) is 13.8 Å². The average molecular weight is 470 g/mol. The van der Waals surface area contributed by atoms with Gasteiger partial charge in [-0.3, -0.25) is 9.52 Å². The highest BCUT2D eigenvalue weighted by atomic mass is 79.9. The van der Waals surface area contributed by atoms with Crippen LogP contribution >= 0.6 is 38.6 Å². The zero-order valence-electron chi connectivity index (χ0n) is 13.0. The molecule has 134 valence electrons. The molecule has 2 aromatic heterocycles. The lowest BCUT2D eigenvalue weighted by Crippen LogP contribution is -2.21. The van der Waals surface area contributed by atoms with Crippen LogP contribution in [0.2, 0.25) is 0 Å². The molecule has 0 fully saturated rings. The van der Waals surface area contributed by atoms with Gasteiger partial charge in [0.1, 0.15) is 4.21 Å². The lowest BCUT2D eigenvalue weighted by molar-refractivity contribution is 0.0956. The molecule has 3 rings (SSSR count). The number of anilines is 1. The Morgan fingerprint density at radius 1 is 1.15 bits per heavy atom. The summed E-state index contributed by atoms with van der Waals surface area (Å²) in [4.78, 5) is 13.2. The van der Waals surface area contributed by atoms with Crippen LogP contribution in [-0.4, -0.2) is 20.5 Å². The zero-order valence-corrected chi connectivity index (χ0v) is 17.1. The molecule has 10 heteroatoms. The van der Waals surface area contributed by atoms with E-state index in [1.807, 2.05) is 11.4 Å². The van der Waals surface area contributed by atoms with Gasteiger partial charge in [-0.05, 0) is 45.6 Å². The highest BCUT2D eigenvalue weighted by molar-refractivity contribution is 9.10. The van der Waals surface area contributed by atoms with Gasteiger partial charge >= 0.3 is 0 Å². The third-order valence-electron chi connectivity index (χ3n) is 3.12. The van der Waals surface area contributed by atoms with Crippen LogP contribution < -0.4 is 10.1 Å². The summed E-state index contributed by atoms with van der Waals surface area (Å²) in [6.45, 7) is 0. The first-order valence-electron chi connectivity index (χ1n) is 7.18. The lowest BCUT2D eigenvalue weighted by atomic mass is 10.2. The molecule has 0 saturated heterocycles. The van der Waals surface area contributed by atoms with E-state index in [0.717, 1.165) is 20.7 Å². The van der Waals surface area contributed by atoms with Gasteiger partial charge in [-0.1, -0.05) is 18.2 Å². The molecule has 1 amide bonds. The Morgan fingerprint density at radius 3 is 2.65 bits per heavy atom. The summed E-state index contributed by atoms with van der Waals surface area (Å²) >= 11 is 5.91. The Hall–Kier alpha value is -2.01. The fourth-order valence-corrected chi connectivity index (χ4v) is 5.37. The maximum Gasteiger partial charge on any atom is 0.273 e. The third-order valence-corrected chi connectivity index (χ3v) is 7.51. The van der Waals surface area contributed by atoms with Crippen LogP contribution in [0.3, 0.4) is 0 Å². The summed E-state index contributed by atoms with van der Waals surface area (Å²) in [6.07, 6.45) is 1.52. The quantitative estimate of drug-likeness (QED) is 0.420. The Balaban J connectivity index is 1.76. The molecule has 0 radical (unpaired) electrons. The van der Waals surface area contributed by atoms with Crippen molar-refractivity contribution in [3.05, 3.63) is 68.1 Å². The van der Waals surface area contributed by atoms with E-state index in [0.29, 0.717) is 0 Å². The second-order valence-electron chi connectivity index (χ2n) is 4.95. The number of thiophene rings is 2. The van der Waals surface area contributed by atoms with E-state index in [-0.39, 0.29) is 15.5 Å². The van der Waals surface area contributed by atoms with Crippen molar-refractivity contribution in [3.8, 4) is 0 Å². The molecular formula is C16H12BrN3O3S3. The van der Waals surface area contributed by atoms with Crippen molar-refractivity contribution in [1.82, 2.24) is 5.43 Å². The summed E-state index contributed by atoms with van der Waals surface area (Å²) in [5.74, 6) is -0.513. The van der Waals surface area contributed by atoms with Crippen molar-refractivity contribution in [2.45, 2.75) is 4.21 Å². The molecule has 26 heavy (non-hydrogen) atoms. The lowest BCUT2D eigenvalue weighted by Gasteiger charge is -2.10. The largest absolute Gasteiger partial charge is 0.278 e. The minimum Gasteiger partial charge on any atom is -0.278 e. The van der Waals surface area contributed by atoms with Gasteiger partial charge in [-0.2, -0.15) is 5.10 Å². The van der Waals surface area contributed by atoms with Crippen LogP contribution in [-0.2, 0) is 10.0 Å². The molecule has 0 bridgehead atoms. The number of halogens is 1. The second-order valence-corrected chi connectivity index (χ2v) is 9.67. The van der Waals surface area contributed by atoms with Crippen LogP contribution in [0.15, 0.2) is 67.0 Å². The van der Waals surface area contributed by atoms with Crippen molar-refractivity contribution < 1.29 is 13.2 Å². The van der Waals surface area contributed by atoms with E-state index in [9.17, 15) is 13.2 Å². The smallest absolute Gasteiger partial charge is 0.273 e. The van der Waals surface area contributed by atoms with Crippen LogP contribution in [0.4, 0.5) is 5.69 Å². The maximum absolute atomic E-state index is 12.4. The van der Waals surface area contributed by atoms with Crippen molar-refractivity contribution >= 4 is 66.4 Å². The fraction of sp³-hybridized carbons (Fsp3) is 0. The highest BCUT2D eigenvalue weighted by Gasteiger charge is 2.19. The van der Waals surface area contributed by atoms with Gasteiger partial charge in [0, 0.05) is 14.7 Å². The van der Waals surface area contributed by atoms with Crippen LogP contribution in [0.5, 0.6) is 0 Å². The summed E-state index contributed by atoms with van der Waals surface area (Å²) < 4.78 is 28.3. The number of benzene rings is 1. The maximum atomic E-state index is 12.4. The molecule has 0 aliphatic rings. The molecule has 6 nitrogen and oxygen atoms in total. The minimum absolute atomic E-state index is 0.175. The van der Waals surface area contributed by atoms with Crippen LogP contribution in [0, 0.1) is 0 Å². The standard InChI is InChI=1S/C16H12BrN3O3S3/c17-11-8-12(25-10-11)9-18-19-16(21)13-4-1-2-5-14(13)20-26(22,23)15-6-3-7-24-15/h1-10,20H,(H,19,21)/b18-9+. The van der Waals surface area contributed by atoms with Crippen LogP contribution in [0.25, 0.3) is 0 Å². The van der Waals surface area contributed by atoms with Crippen molar-refractivity contribution in [2.75, 3.05) is 4.72 Å². The minimum atomic E-state index is -3.74. The molecule has 3 aromatic rings. The van der Waals surface area contributed by atoms with Gasteiger partial charge in [0.2, 0.25) is 0 Å².